The number of carboxylic acids is 1. The molecule has 1 aromatic rings. The largest absolute Gasteiger partial charge is 0.480 e. The number of aliphatic carboxylic acids is 1. The van der Waals surface area contributed by atoms with Gasteiger partial charge in [-0.15, -0.1) is 0 Å². The van der Waals surface area contributed by atoms with E-state index in [0.717, 1.165) is 0 Å². The molecule has 5 N–H and O–H groups in total. The first-order valence-corrected chi connectivity index (χ1v) is 6.14. The van der Waals surface area contributed by atoms with Crippen LogP contribution < -0.4 is 15.8 Å². The minimum atomic E-state index is -3.57. The number of hydrogen-bond acceptors (Lipinski definition) is 5. The third-order valence-electron chi connectivity index (χ3n) is 2.03. The highest BCUT2D eigenvalue weighted by atomic mass is 32.2. The zero-order valence-corrected chi connectivity index (χ0v) is 9.91. The van der Waals surface area contributed by atoms with Crippen LogP contribution in [0, 0.1) is 0 Å². The van der Waals surface area contributed by atoms with Gasteiger partial charge in [0.1, 0.15) is 6.54 Å². The van der Waals surface area contributed by atoms with Crippen molar-refractivity contribution in [2.24, 2.45) is 0 Å². The number of carboxylic acid groups (broad SMARTS) is 1. The monoisotopic (exact) mass is 259 g/mol. The highest BCUT2D eigenvalue weighted by molar-refractivity contribution is 7.89. The number of anilines is 2. The number of carbonyl (C=O) groups is 1. The van der Waals surface area contributed by atoms with Crippen molar-refractivity contribution in [3.8, 4) is 0 Å². The average molecular weight is 259 g/mol. The molecule has 0 aromatic heterocycles. The molecule has 0 fully saturated rings. The Balaban J connectivity index is 3.07. The molecule has 0 unspecified atom stereocenters. The molecule has 0 aliphatic rings. The van der Waals surface area contributed by atoms with Crippen LogP contribution in [0.25, 0.3) is 0 Å². The molecule has 0 radical (unpaired) electrons. The van der Waals surface area contributed by atoms with Gasteiger partial charge in [-0.2, -0.15) is 0 Å². The number of rotatable bonds is 5. The lowest BCUT2D eigenvalue weighted by Crippen LogP contribution is -2.19. The van der Waals surface area contributed by atoms with Crippen molar-refractivity contribution in [1.29, 1.82) is 0 Å². The predicted molar refractivity (Wildman–Crippen MR) is 63.2 cm³/mol. The van der Waals surface area contributed by atoms with E-state index >= 15 is 0 Å². The maximum atomic E-state index is 11.5. The van der Waals surface area contributed by atoms with Crippen LogP contribution in [0.3, 0.4) is 0 Å². The summed E-state index contributed by atoms with van der Waals surface area (Å²) >= 11 is 0. The Morgan fingerprint density at radius 3 is 2.65 bits per heavy atom. The summed E-state index contributed by atoms with van der Waals surface area (Å²) in [4.78, 5) is 10.4. The van der Waals surface area contributed by atoms with Crippen LogP contribution in [0.4, 0.5) is 11.4 Å². The maximum Gasteiger partial charge on any atom is 0.322 e. The zero-order chi connectivity index (χ0) is 13.1. The molecule has 0 saturated heterocycles. The highest BCUT2D eigenvalue weighted by Gasteiger charge is 2.13. The van der Waals surface area contributed by atoms with Crippen LogP contribution >= 0.6 is 0 Å². The van der Waals surface area contributed by atoms with Crippen molar-refractivity contribution in [1.82, 2.24) is 4.72 Å². The summed E-state index contributed by atoms with van der Waals surface area (Å²) < 4.78 is 25.2. The third-order valence-corrected chi connectivity index (χ3v) is 3.45. The Bertz CT molecular complexity index is 527. The number of nitrogen functional groups attached to an aromatic ring is 1. The highest BCUT2D eigenvalue weighted by Crippen LogP contribution is 2.22. The van der Waals surface area contributed by atoms with Gasteiger partial charge in [0, 0.05) is 0 Å². The van der Waals surface area contributed by atoms with Crippen molar-refractivity contribution in [3.05, 3.63) is 18.2 Å². The fraction of sp³-hybridized carbons (Fsp3) is 0.222. The molecule has 0 heterocycles. The van der Waals surface area contributed by atoms with E-state index in [0.29, 0.717) is 0 Å². The first-order valence-electron chi connectivity index (χ1n) is 4.65. The Hall–Kier alpha value is -1.80. The van der Waals surface area contributed by atoms with Crippen molar-refractivity contribution < 1.29 is 18.3 Å². The van der Waals surface area contributed by atoms with E-state index in [1.54, 1.807) is 0 Å². The molecule has 8 heteroatoms. The molecule has 1 rings (SSSR count). The number of sulfonamides is 1. The van der Waals surface area contributed by atoms with Gasteiger partial charge in [0.05, 0.1) is 16.3 Å². The standard InChI is InChI=1S/C9H13N3O4S/c1-11-17(15,16)6-2-3-7(10)8(4-6)12-5-9(13)14/h2-4,11-12H,5,10H2,1H3,(H,13,14). The molecule has 0 aliphatic carbocycles. The number of hydrogen-bond donors (Lipinski definition) is 4. The van der Waals surface area contributed by atoms with Crippen LogP contribution in [0.2, 0.25) is 0 Å². The molecule has 1 aromatic carbocycles. The fourth-order valence-electron chi connectivity index (χ4n) is 1.14. The molecule has 0 amide bonds. The first kappa shape index (κ1) is 13.3. The molecule has 17 heavy (non-hydrogen) atoms. The van der Waals surface area contributed by atoms with Crippen LogP contribution in [0.1, 0.15) is 0 Å². The topological polar surface area (TPSA) is 122 Å². The van der Waals surface area contributed by atoms with Crippen molar-refractivity contribution >= 4 is 27.4 Å². The van der Waals surface area contributed by atoms with Gasteiger partial charge < -0.3 is 16.2 Å². The van der Waals surface area contributed by atoms with Gasteiger partial charge in [0.15, 0.2) is 0 Å². The van der Waals surface area contributed by atoms with E-state index in [4.69, 9.17) is 10.8 Å². The summed E-state index contributed by atoms with van der Waals surface area (Å²) in [7, 11) is -2.28. The molecule has 0 saturated carbocycles. The summed E-state index contributed by atoms with van der Waals surface area (Å²) in [5.41, 5.74) is 6.14. The van der Waals surface area contributed by atoms with Gasteiger partial charge in [0.2, 0.25) is 10.0 Å². The minimum absolute atomic E-state index is 0.0158. The fourth-order valence-corrected chi connectivity index (χ4v) is 1.90. The van der Waals surface area contributed by atoms with Crippen LogP contribution in [-0.2, 0) is 14.8 Å². The Morgan fingerprint density at radius 2 is 2.12 bits per heavy atom. The smallest absolute Gasteiger partial charge is 0.322 e. The number of nitrogens with two attached hydrogens (primary N) is 1. The van der Waals surface area contributed by atoms with Crippen LogP contribution in [-0.4, -0.2) is 33.1 Å². The lowest BCUT2D eigenvalue weighted by molar-refractivity contribution is -0.134. The average Bonchev–Trinajstić information content (AvgIpc) is 2.27. The Labute approximate surface area is 98.7 Å². The van der Waals surface area contributed by atoms with Gasteiger partial charge in [0.25, 0.3) is 0 Å². The van der Waals surface area contributed by atoms with Crippen LogP contribution in [0.15, 0.2) is 23.1 Å². The Kier molecular flexibility index (Phi) is 3.92. The van der Waals surface area contributed by atoms with Crippen LogP contribution in [0.5, 0.6) is 0 Å². The summed E-state index contributed by atoms with van der Waals surface area (Å²) in [6.45, 7) is -0.340. The summed E-state index contributed by atoms with van der Waals surface area (Å²) in [5.74, 6) is -1.06. The normalized spacial score (nSPS) is 11.1. The Morgan fingerprint density at radius 1 is 1.47 bits per heavy atom. The first-order chi connectivity index (χ1) is 7.86. The predicted octanol–water partition coefficient (Wildman–Crippen LogP) is -0.327. The minimum Gasteiger partial charge on any atom is -0.480 e. The maximum absolute atomic E-state index is 11.5. The van der Waals surface area contributed by atoms with Crippen molar-refractivity contribution in [3.63, 3.8) is 0 Å². The summed E-state index contributed by atoms with van der Waals surface area (Å²) in [6, 6.07) is 4.02. The van der Waals surface area contributed by atoms with Gasteiger partial charge in [-0.1, -0.05) is 0 Å². The number of nitrogens with one attached hydrogen (secondary N) is 2. The van der Waals surface area contributed by atoms with Gasteiger partial charge in [-0.3, -0.25) is 4.79 Å². The lowest BCUT2D eigenvalue weighted by atomic mass is 10.2. The van der Waals surface area contributed by atoms with Gasteiger partial charge >= 0.3 is 5.97 Å². The number of benzene rings is 1. The second-order valence-corrected chi connectivity index (χ2v) is 5.09. The molecular weight excluding hydrogens is 246 g/mol. The van der Waals surface area contributed by atoms with E-state index in [1.165, 1.54) is 25.2 Å². The molecule has 7 nitrogen and oxygen atoms in total. The second-order valence-electron chi connectivity index (χ2n) is 3.20. The van der Waals surface area contributed by atoms with Gasteiger partial charge in [-0.25, -0.2) is 13.1 Å². The SMILES string of the molecule is CNS(=O)(=O)c1ccc(N)c(NCC(=O)O)c1. The summed E-state index contributed by atoms with van der Waals surface area (Å²) in [5, 5.41) is 11.0. The molecule has 94 valence electrons. The third kappa shape index (κ3) is 3.33. The van der Waals surface area contributed by atoms with E-state index in [9.17, 15) is 13.2 Å². The quantitative estimate of drug-likeness (QED) is 0.537. The van der Waals surface area contributed by atoms with E-state index < -0.39 is 16.0 Å². The van der Waals surface area contributed by atoms with Crippen molar-refractivity contribution in [2.75, 3.05) is 24.6 Å². The zero-order valence-electron chi connectivity index (χ0n) is 9.10. The molecular formula is C9H13N3O4S. The molecule has 0 atom stereocenters. The summed E-state index contributed by atoms with van der Waals surface area (Å²) in [6.07, 6.45) is 0. The molecule has 0 aliphatic heterocycles. The van der Waals surface area contributed by atoms with E-state index in [2.05, 4.69) is 10.0 Å². The van der Waals surface area contributed by atoms with E-state index in [1.807, 2.05) is 0 Å². The second kappa shape index (κ2) is 5.02. The molecule has 0 spiro atoms. The van der Waals surface area contributed by atoms with E-state index in [-0.39, 0.29) is 22.8 Å². The van der Waals surface area contributed by atoms with Gasteiger partial charge in [-0.05, 0) is 25.2 Å². The van der Waals surface area contributed by atoms with Crippen molar-refractivity contribution in [2.45, 2.75) is 4.90 Å². The lowest BCUT2D eigenvalue weighted by Gasteiger charge is -2.09. The molecule has 0 bridgehead atoms.